The highest BCUT2D eigenvalue weighted by Gasteiger charge is 2.40. The van der Waals surface area contributed by atoms with Gasteiger partial charge < -0.3 is 20.6 Å². The smallest absolute Gasteiger partial charge is 0.326 e. The molecule has 11 heteroatoms. The number of imide groups is 1. The summed E-state index contributed by atoms with van der Waals surface area (Å²) in [6.07, 6.45) is 30.9. The van der Waals surface area contributed by atoms with Crippen LogP contribution in [0.15, 0.2) is 91.1 Å². The summed E-state index contributed by atoms with van der Waals surface area (Å²) in [7, 11) is 0. The van der Waals surface area contributed by atoms with Gasteiger partial charge in [-0.25, -0.2) is 4.79 Å². The predicted octanol–water partition coefficient (Wildman–Crippen LogP) is 5.82. The number of carbonyl (C=O) groups is 6. The van der Waals surface area contributed by atoms with Crippen molar-refractivity contribution in [2.75, 3.05) is 5.32 Å². The van der Waals surface area contributed by atoms with Crippen molar-refractivity contribution in [3.63, 3.8) is 0 Å². The van der Waals surface area contributed by atoms with Crippen LogP contribution in [-0.2, 0) is 30.5 Å². The van der Waals surface area contributed by atoms with E-state index in [2.05, 4.69) is 77.6 Å². The second-order valence-corrected chi connectivity index (χ2v) is 11.9. The Kier molecular flexibility index (Phi) is 16.9. The van der Waals surface area contributed by atoms with Gasteiger partial charge in [0.15, 0.2) is 0 Å². The van der Waals surface area contributed by atoms with E-state index in [1.54, 1.807) is 18.2 Å². The maximum atomic E-state index is 13.0. The third kappa shape index (κ3) is 13.3. The van der Waals surface area contributed by atoms with Gasteiger partial charge in [0.05, 0.1) is 6.42 Å². The molecule has 0 aliphatic carbocycles. The van der Waals surface area contributed by atoms with Crippen LogP contribution in [0.3, 0.4) is 0 Å². The summed E-state index contributed by atoms with van der Waals surface area (Å²) in [4.78, 5) is 75.4. The summed E-state index contributed by atoms with van der Waals surface area (Å²) in [5.41, 5.74) is 1.11. The van der Waals surface area contributed by atoms with Crippen molar-refractivity contribution < 1.29 is 33.9 Å². The lowest BCUT2D eigenvalue weighted by molar-refractivity contribution is -0.143. The number of nitrogens with one attached hydrogen (secondary N) is 3. The Morgan fingerprint density at radius 1 is 0.860 bits per heavy atom. The summed E-state index contributed by atoms with van der Waals surface area (Å²) in [5.74, 6) is -3.83. The topological polar surface area (TPSA) is 162 Å². The van der Waals surface area contributed by atoms with Crippen molar-refractivity contribution >= 4 is 41.2 Å². The molecule has 5 amide bonds. The highest BCUT2D eigenvalue weighted by Crippen LogP contribution is 2.32. The van der Waals surface area contributed by atoms with E-state index in [1.807, 2.05) is 18.2 Å². The fraction of sp³-hybridized carbons (Fsp3) is 0.385. The van der Waals surface area contributed by atoms with Crippen molar-refractivity contribution in [2.24, 2.45) is 0 Å². The highest BCUT2D eigenvalue weighted by atomic mass is 16.4. The third-order valence-corrected chi connectivity index (χ3v) is 8.01. The van der Waals surface area contributed by atoms with Gasteiger partial charge in [0.25, 0.3) is 5.91 Å². The molecule has 2 heterocycles. The Morgan fingerprint density at radius 3 is 2.00 bits per heavy atom. The number of fused-ring (bicyclic) bond motifs is 1. The van der Waals surface area contributed by atoms with Gasteiger partial charge in [-0.05, 0) is 63.5 Å². The van der Waals surface area contributed by atoms with Crippen LogP contribution >= 0.6 is 0 Å². The van der Waals surface area contributed by atoms with Crippen LogP contribution in [0, 0.1) is 0 Å². The number of aliphatic carboxylic acids is 1. The number of piperidine rings is 1. The molecule has 1 fully saturated rings. The van der Waals surface area contributed by atoms with Crippen molar-refractivity contribution in [2.45, 2.75) is 96.2 Å². The number of amides is 5. The number of carboxylic acids is 1. The second-order valence-electron chi connectivity index (χ2n) is 11.9. The van der Waals surface area contributed by atoms with Crippen molar-refractivity contribution in [3.8, 4) is 0 Å². The number of rotatable bonds is 20. The van der Waals surface area contributed by atoms with Crippen molar-refractivity contribution in [3.05, 3.63) is 102 Å². The average Bonchev–Trinajstić information content (AvgIpc) is 3.42. The van der Waals surface area contributed by atoms with Gasteiger partial charge in [0.2, 0.25) is 23.6 Å². The molecule has 3 rings (SSSR count). The Bertz CT molecular complexity index is 1550. The van der Waals surface area contributed by atoms with E-state index in [9.17, 15) is 33.9 Å². The summed E-state index contributed by atoms with van der Waals surface area (Å²) >= 11 is 0. The molecule has 0 spiro atoms. The molecule has 0 bridgehead atoms. The van der Waals surface area contributed by atoms with Crippen LogP contribution in [0.25, 0.3) is 0 Å². The van der Waals surface area contributed by atoms with Gasteiger partial charge in [-0.15, -0.1) is 0 Å². The minimum atomic E-state index is -1.44. The zero-order chi connectivity index (χ0) is 36.1. The second kappa shape index (κ2) is 21.6. The Balaban J connectivity index is 1.34. The Labute approximate surface area is 293 Å². The van der Waals surface area contributed by atoms with E-state index < -0.39 is 54.0 Å². The molecule has 4 N–H and O–H groups in total. The zero-order valence-electron chi connectivity index (χ0n) is 28.6. The van der Waals surface area contributed by atoms with Crippen LogP contribution in [-0.4, -0.2) is 57.6 Å². The summed E-state index contributed by atoms with van der Waals surface area (Å²) in [6.45, 7) is 2.17. The van der Waals surface area contributed by atoms with Crippen molar-refractivity contribution in [1.82, 2.24) is 15.5 Å². The lowest BCUT2D eigenvalue weighted by atomic mass is 10.0. The normalized spacial score (nSPS) is 17.2. The molecule has 2 atom stereocenters. The summed E-state index contributed by atoms with van der Waals surface area (Å²) < 4.78 is 0. The minimum Gasteiger partial charge on any atom is -0.480 e. The fourth-order valence-corrected chi connectivity index (χ4v) is 5.41. The van der Waals surface area contributed by atoms with E-state index in [-0.39, 0.29) is 25.8 Å². The van der Waals surface area contributed by atoms with E-state index in [0.29, 0.717) is 29.7 Å². The molecule has 1 saturated heterocycles. The quantitative estimate of drug-likeness (QED) is 0.0993. The minimum absolute atomic E-state index is 0.0462. The number of nitrogens with zero attached hydrogens (tertiary/aromatic N) is 1. The molecular weight excluding hydrogens is 636 g/mol. The average molecular weight is 685 g/mol. The first-order valence-corrected chi connectivity index (χ1v) is 17.2. The SMILES string of the molecule is CCC=CCC=CCC=CCC=CCC=CCC=CCCC(=O)N[C@@H](CC(=O)Nc1cccc2c1CN(C1CCC(=O)NC1=O)C2=O)C(=O)O. The van der Waals surface area contributed by atoms with Gasteiger partial charge >= 0.3 is 5.97 Å². The molecule has 0 aromatic heterocycles. The summed E-state index contributed by atoms with van der Waals surface area (Å²) in [5, 5.41) is 17.0. The van der Waals surface area contributed by atoms with E-state index >= 15 is 0 Å². The standard InChI is InChI=1S/C39H48N4O7/c1-2-3-4-5-6-7-8-9-10-11-12-13-14-15-16-17-18-19-20-24-34(44)41-32(39(49)50)27-36(46)40-31-23-21-22-29-30(31)28-43(38(29)48)33-25-26-35(45)42-37(33)47/h3-4,6-7,9-10,12-13,15-16,18-19,21-23,32-33H,2,5,8,11,14,17,20,24-28H2,1H3,(H,40,46)(H,41,44)(H,49,50)(H,42,45,47)/t32-,33?/m0/s1. The molecule has 2 aliphatic heterocycles. The molecule has 266 valence electrons. The number of benzene rings is 1. The van der Waals surface area contributed by atoms with Gasteiger partial charge in [0, 0.05) is 36.2 Å². The number of anilines is 1. The Hall–Kier alpha value is -5.32. The van der Waals surface area contributed by atoms with Crippen molar-refractivity contribution in [1.29, 1.82) is 0 Å². The third-order valence-electron chi connectivity index (χ3n) is 8.01. The predicted molar refractivity (Wildman–Crippen MR) is 193 cm³/mol. The molecular formula is C39H48N4O7. The van der Waals surface area contributed by atoms with Crippen LogP contribution in [0.5, 0.6) is 0 Å². The Morgan fingerprint density at radius 2 is 1.44 bits per heavy atom. The molecule has 1 unspecified atom stereocenters. The number of hydrogen-bond donors (Lipinski definition) is 4. The monoisotopic (exact) mass is 684 g/mol. The van der Waals surface area contributed by atoms with Crippen LogP contribution in [0.4, 0.5) is 5.69 Å². The maximum Gasteiger partial charge on any atom is 0.326 e. The van der Waals surface area contributed by atoms with E-state index in [0.717, 1.165) is 32.1 Å². The molecule has 11 nitrogen and oxygen atoms in total. The van der Waals surface area contributed by atoms with Crippen LogP contribution < -0.4 is 16.0 Å². The zero-order valence-corrected chi connectivity index (χ0v) is 28.6. The van der Waals surface area contributed by atoms with E-state index in [1.165, 1.54) is 4.90 Å². The van der Waals surface area contributed by atoms with Gasteiger partial charge in [-0.2, -0.15) is 0 Å². The molecule has 0 radical (unpaired) electrons. The maximum absolute atomic E-state index is 13.0. The van der Waals surface area contributed by atoms with Crippen LogP contribution in [0.1, 0.15) is 93.5 Å². The lowest BCUT2D eigenvalue weighted by Gasteiger charge is -2.29. The first kappa shape index (κ1) is 39.1. The van der Waals surface area contributed by atoms with Gasteiger partial charge in [-0.1, -0.05) is 85.9 Å². The largest absolute Gasteiger partial charge is 0.480 e. The van der Waals surface area contributed by atoms with Gasteiger partial charge in [-0.3, -0.25) is 29.3 Å². The van der Waals surface area contributed by atoms with Crippen LogP contribution in [0.2, 0.25) is 0 Å². The molecule has 0 saturated carbocycles. The number of allylic oxidation sites excluding steroid dienone is 12. The first-order chi connectivity index (χ1) is 24.2. The van der Waals surface area contributed by atoms with E-state index in [4.69, 9.17) is 0 Å². The van der Waals surface area contributed by atoms with Gasteiger partial charge in [0.1, 0.15) is 12.1 Å². The molecule has 1 aromatic carbocycles. The number of carbonyl (C=O) groups excluding carboxylic acids is 5. The molecule has 2 aliphatic rings. The first-order valence-electron chi connectivity index (χ1n) is 17.2. The lowest BCUT2D eigenvalue weighted by Crippen LogP contribution is -2.52. The number of hydrogen-bond acceptors (Lipinski definition) is 6. The number of carboxylic acid groups (broad SMARTS) is 1. The fourth-order valence-electron chi connectivity index (χ4n) is 5.41. The summed E-state index contributed by atoms with van der Waals surface area (Å²) in [6, 6.07) is 2.49. The highest BCUT2D eigenvalue weighted by molar-refractivity contribution is 6.07. The molecule has 50 heavy (non-hydrogen) atoms. The molecule has 1 aromatic rings.